The molecule has 1 aromatic heterocycles. The van der Waals surface area contributed by atoms with Crippen LogP contribution in [0.15, 0.2) is 33.8 Å². The van der Waals surface area contributed by atoms with Gasteiger partial charge in [0.05, 0.1) is 17.2 Å². The molecule has 0 fully saturated rings. The van der Waals surface area contributed by atoms with Crippen LogP contribution in [-0.4, -0.2) is 22.0 Å². The lowest BCUT2D eigenvalue weighted by Crippen LogP contribution is -2.32. The molecule has 19 heavy (non-hydrogen) atoms. The van der Waals surface area contributed by atoms with Gasteiger partial charge >= 0.3 is 0 Å². The molecular weight excluding hydrogens is 310 g/mol. The lowest BCUT2D eigenvalue weighted by molar-refractivity contribution is -0.121. The maximum Gasteiger partial charge on any atom is 0.261 e. The molecular formula is C13H14BrN3O2. The molecule has 0 aliphatic heterocycles. The normalized spacial score (nSPS) is 10.6. The van der Waals surface area contributed by atoms with Gasteiger partial charge in [-0.15, -0.1) is 0 Å². The lowest BCUT2D eigenvalue weighted by Gasteiger charge is -2.07. The number of aromatic nitrogens is 2. The Morgan fingerprint density at radius 1 is 1.47 bits per heavy atom. The Morgan fingerprint density at radius 2 is 2.26 bits per heavy atom. The van der Waals surface area contributed by atoms with Crippen molar-refractivity contribution in [1.29, 1.82) is 0 Å². The standard InChI is InChI=1S/C13H14BrN3O2/c1-2-5-15-12(18)7-17-8-16-11-6-9(14)3-4-10(11)13(17)19/h3-4,6,8H,2,5,7H2,1H3,(H,15,18). The third kappa shape index (κ3) is 3.20. The highest BCUT2D eigenvalue weighted by molar-refractivity contribution is 9.10. The van der Waals surface area contributed by atoms with Crippen LogP contribution in [0.2, 0.25) is 0 Å². The van der Waals surface area contributed by atoms with Crippen LogP contribution in [0.3, 0.4) is 0 Å². The van der Waals surface area contributed by atoms with Crippen molar-refractivity contribution in [3.63, 3.8) is 0 Å². The lowest BCUT2D eigenvalue weighted by atomic mass is 10.2. The second-order valence-electron chi connectivity index (χ2n) is 4.19. The van der Waals surface area contributed by atoms with E-state index in [9.17, 15) is 9.59 Å². The van der Waals surface area contributed by atoms with Crippen LogP contribution in [0.1, 0.15) is 13.3 Å². The van der Waals surface area contributed by atoms with Gasteiger partial charge in [-0.25, -0.2) is 4.98 Å². The molecule has 2 rings (SSSR count). The Morgan fingerprint density at radius 3 is 3.00 bits per heavy atom. The van der Waals surface area contributed by atoms with E-state index in [1.54, 1.807) is 18.2 Å². The van der Waals surface area contributed by atoms with Gasteiger partial charge in [-0.1, -0.05) is 22.9 Å². The highest BCUT2D eigenvalue weighted by atomic mass is 79.9. The van der Waals surface area contributed by atoms with Crippen molar-refractivity contribution >= 4 is 32.7 Å². The summed E-state index contributed by atoms with van der Waals surface area (Å²) in [6.45, 7) is 2.58. The molecule has 1 aromatic carbocycles. The highest BCUT2D eigenvalue weighted by Gasteiger charge is 2.07. The van der Waals surface area contributed by atoms with Crippen LogP contribution in [0.4, 0.5) is 0 Å². The molecule has 0 saturated carbocycles. The van der Waals surface area contributed by atoms with E-state index in [0.29, 0.717) is 17.4 Å². The van der Waals surface area contributed by atoms with E-state index >= 15 is 0 Å². The van der Waals surface area contributed by atoms with E-state index in [0.717, 1.165) is 10.9 Å². The summed E-state index contributed by atoms with van der Waals surface area (Å²) in [5.41, 5.74) is 0.411. The maximum atomic E-state index is 12.2. The summed E-state index contributed by atoms with van der Waals surface area (Å²) in [5, 5.41) is 3.24. The summed E-state index contributed by atoms with van der Waals surface area (Å²) >= 11 is 3.33. The molecule has 1 heterocycles. The molecule has 0 radical (unpaired) electrons. The number of halogens is 1. The van der Waals surface area contributed by atoms with Gasteiger partial charge in [0, 0.05) is 11.0 Å². The fraction of sp³-hybridized carbons (Fsp3) is 0.308. The minimum atomic E-state index is -0.204. The van der Waals surface area contributed by atoms with Gasteiger partial charge in [0.25, 0.3) is 5.56 Å². The first kappa shape index (κ1) is 13.7. The zero-order valence-corrected chi connectivity index (χ0v) is 12.1. The first-order chi connectivity index (χ1) is 9.11. The van der Waals surface area contributed by atoms with Crippen molar-refractivity contribution in [1.82, 2.24) is 14.9 Å². The van der Waals surface area contributed by atoms with Gasteiger partial charge in [-0.05, 0) is 24.6 Å². The van der Waals surface area contributed by atoms with E-state index in [-0.39, 0.29) is 18.0 Å². The summed E-state index contributed by atoms with van der Waals surface area (Å²) < 4.78 is 2.19. The third-order valence-electron chi connectivity index (χ3n) is 2.67. The molecule has 0 aliphatic carbocycles. The number of amides is 1. The predicted molar refractivity (Wildman–Crippen MR) is 77.0 cm³/mol. The van der Waals surface area contributed by atoms with E-state index in [1.165, 1.54) is 10.9 Å². The third-order valence-corrected chi connectivity index (χ3v) is 3.17. The molecule has 0 bridgehead atoms. The highest BCUT2D eigenvalue weighted by Crippen LogP contribution is 2.14. The first-order valence-corrected chi connectivity index (χ1v) is 6.82. The first-order valence-electron chi connectivity index (χ1n) is 6.03. The Hall–Kier alpha value is -1.69. The predicted octanol–water partition coefficient (Wildman–Crippen LogP) is 1.69. The topological polar surface area (TPSA) is 64.0 Å². The number of carbonyl (C=O) groups excluding carboxylic acids is 1. The van der Waals surface area contributed by atoms with Crippen molar-refractivity contribution in [3.8, 4) is 0 Å². The molecule has 0 unspecified atom stereocenters. The molecule has 0 aliphatic rings. The van der Waals surface area contributed by atoms with Gasteiger partial charge < -0.3 is 5.32 Å². The number of fused-ring (bicyclic) bond motifs is 1. The van der Waals surface area contributed by atoms with E-state index in [4.69, 9.17) is 0 Å². The fourth-order valence-electron chi connectivity index (χ4n) is 1.72. The van der Waals surface area contributed by atoms with E-state index in [1.807, 2.05) is 6.92 Å². The van der Waals surface area contributed by atoms with Crippen molar-refractivity contribution in [2.75, 3.05) is 6.54 Å². The second kappa shape index (κ2) is 5.97. The summed E-state index contributed by atoms with van der Waals surface area (Å²) in [6.07, 6.45) is 2.27. The minimum absolute atomic E-state index is 0.00215. The average molecular weight is 324 g/mol. The number of hydrogen-bond donors (Lipinski definition) is 1. The molecule has 6 heteroatoms. The van der Waals surface area contributed by atoms with Gasteiger partial charge in [0.15, 0.2) is 0 Å². The number of benzene rings is 1. The van der Waals surface area contributed by atoms with Crippen molar-refractivity contribution in [3.05, 3.63) is 39.4 Å². The van der Waals surface area contributed by atoms with Crippen molar-refractivity contribution < 1.29 is 4.79 Å². The van der Waals surface area contributed by atoms with Crippen LogP contribution in [0.5, 0.6) is 0 Å². The summed E-state index contributed by atoms with van der Waals surface area (Å²) in [4.78, 5) is 28.0. The molecule has 100 valence electrons. The minimum Gasteiger partial charge on any atom is -0.355 e. The Balaban J connectivity index is 2.30. The molecule has 2 aromatic rings. The van der Waals surface area contributed by atoms with Crippen LogP contribution < -0.4 is 10.9 Å². The molecule has 1 N–H and O–H groups in total. The van der Waals surface area contributed by atoms with Crippen LogP contribution in [0, 0.1) is 0 Å². The molecule has 0 saturated heterocycles. The summed E-state index contributed by atoms with van der Waals surface area (Å²) in [6, 6.07) is 5.26. The zero-order chi connectivity index (χ0) is 13.8. The van der Waals surface area contributed by atoms with Gasteiger partial charge in [0.2, 0.25) is 5.91 Å². The van der Waals surface area contributed by atoms with Crippen LogP contribution >= 0.6 is 15.9 Å². The molecule has 0 atom stereocenters. The fourth-order valence-corrected chi connectivity index (χ4v) is 2.07. The second-order valence-corrected chi connectivity index (χ2v) is 5.10. The molecule has 5 nitrogen and oxygen atoms in total. The maximum absolute atomic E-state index is 12.2. The van der Waals surface area contributed by atoms with Gasteiger partial charge in [0.1, 0.15) is 6.54 Å². The molecule has 1 amide bonds. The Labute approximate surface area is 118 Å². The van der Waals surface area contributed by atoms with Crippen molar-refractivity contribution in [2.45, 2.75) is 19.9 Å². The van der Waals surface area contributed by atoms with E-state index in [2.05, 4.69) is 26.2 Å². The summed E-state index contributed by atoms with van der Waals surface area (Å²) in [7, 11) is 0. The smallest absolute Gasteiger partial charge is 0.261 e. The quantitative estimate of drug-likeness (QED) is 0.931. The SMILES string of the molecule is CCCNC(=O)Cn1cnc2cc(Br)ccc2c1=O. The number of nitrogens with zero attached hydrogens (tertiary/aromatic N) is 2. The number of nitrogens with one attached hydrogen (secondary N) is 1. The Bertz CT molecular complexity index is 666. The average Bonchev–Trinajstić information content (AvgIpc) is 2.39. The van der Waals surface area contributed by atoms with Crippen LogP contribution in [0.25, 0.3) is 10.9 Å². The number of carbonyl (C=O) groups is 1. The van der Waals surface area contributed by atoms with Gasteiger partial charge in [-0.3, -0.25) is 14.2 Å². The number of hydrogen-bond acceptors (Lipinski definition) is 3. The summed E-state index contributed by atoms with van der Waals surface area (Å²) in [5.74, 6) is -0.179. The van der Waals surface area contributed by atoms with E-state index < -0.39 is 0 Å². The molecule has 0 spiro atoms. The zero-order valence-electron chi connectivity index (χ0n) is 10.5. The van der Waals surface area contributed by atoms with Crippen molar-refractivity contribution in [2.24, 2.45) is 0 Å². The largest absolute Gasteiger partial charge is 0.355 e. The van der Waals surface area contributed by atoms with Crippen LogP contribution in [-0.2, 0) is 11.3 Å². The van der Waals surface area contributed by atoms with Gasteiger partial charge in [-0.2, -0.15) is 0 Å². The Kier molecular flexibility index (Phi) is 4.31. The number of rotatable bonds is 4. The monoisotopic (exact) mass is 323 g/mol.